The maximum absolute atomic E-state index is 13.3. The number of hydrogen-bond donors (Lipinski definition) is 0. The molecule has 5 rings (SSSR count). The quantitative estimate of drug-likeness (QED) is 0.426. The number of hydrogen-bond acceptors (Lipinski definition) is 3. The van der Waals surface area contributed by atoms with Crippen molar-refractivity contribution in [1.82, 2.24) is 4.40 Å². The third-order valence-corrected chi connectivity index (χ3v) is 7.53. The molecule has 2 aromatic heterocycles. The zero-order valence-electron chi connectivity index (χ0n) is 17.7. The zero-order valence-corrected chi connectivity index (χ0v) is 17.7. The molecule has 30 heavy (non-hydrogen) atoms. The first-order valence-corrected chi connectivity index (χ1v) is 10.7. The van der Waals surface area contributed by atoms with Gasteiger partial charge in [0, 0.05) is 22.6 Å². The van der Waals surface area contributed by atoms with Gasteiger partial charge in [0.15, 0.2) is 0 Å². The first kappa shape index (κ1) is 19.1. The van der Waals surface area contributed by atoms with Crippen molar-refractivity contribution in [3.63, 3.8) is 0 Å². The number of carbonyl (C=O) groups is 2. The van der Waals surface area contributed by atoms with E-state index in [9.17, 15) is 9.59 Å². The molecule has 2 saturated carbocycles. The fourth-order valence-corrected chi connectivity index (χ4v) is 5.95. The fourth-order valence-electron chi connectivity index (χ4n) is 5.95. The van der Waals surface area contributed by atoms with Gasteiger partial charge < -0.3 is 9.14 Å². The molecule has 2 aliphatic rings. The van der Waals surface area contributed by atoms with Crippen LogP contribution >= 0.6 is 0 Å². The van der Waals surface area contributed by atoms with Crippen LogP contribution in [0.5, 0.6) is 0 Å². The maximum atomic E-state index is 13.3. The topological polar surface area (TPSA) is 47.8 Å². The first-order chi connectivity index (χ1) is 14.3. The predicted octanol–water partition coefficient (Wildman–Crippen LogP) is 5.54. The van der Waals surface area contributed by atoms with Gasteiger partial charge in [0.2, 0.25) is 5.78 Å². The molecular weight excluding hydrogens is 374 g/mol. The molecular formula is C26H27NO3. The summed E-state index contributed by atoms with van der Waals surface area (Å²) in [6.45, 7) is 6.70. The second-order valence-electron chi connectivity index (χ2n) is 9.79. The summed E-state index contributed by atoms with van der Waals surface area (Å²) in [5.74, 6) is 0.155. The number of esters is 1. The Hall–Kier alpha value is -2.88. The average Bonchev–Trinajstić information content (AvgIpc) is 3.38. The summed E-state index contributed by atoms with van der Waals surface area (Å²) in [4.78, 5) is 26.5. The fraction of sp³-hybridized carbons (Fsp3) is 0.385. The van der Waals surface area contributed by atoms with Crippen LogP contribution in [0.15, 0.2) is 60.8 Å². The normalized spacial score (nSPS) is 26.8. The van der Waals surface area contributed by atoms with Gasteiger partial charge in [-0.2, -0.15) is 0 Å². The summed E-state index contributed by atoms with van der Waals surface area (Å²) in [5.41, 5.74) is 2.25. The molecule has 1 aromatic carbocycles. The largest absolute Gasteiger partial charge is 0.458 e. The van der Waals surface area contributed by atoms with Crippen molar-refractivity contribution in [2.45, 2.75) is 46.1 Å². The summed E-state index contributed by atoms with van der Waals surface area (Å²) in [6.07, 6.45) is 5.15. The van der Waals surface area contributed by atoms with Gasteiger partial charge in [0.25, 0.3) is 0 Å². The van der Waals surface area contributed by atoms with Gasteiger partial charge in [-0.15, -0.1) is 0 Å². The number of benzene rings is 1. The number of ether oxygens (including phenoxy) is 1. The van der Waals surface area contributed by atoms with E-state index in [1.807, 2.05) is 42.6 Å². The van der Waals surface area contributed by atoms with E-state index in [1.165, 1.54) is 6.42 Å². The molecule has 2 aliphatic carbocycles. The van der Waals surface area contributed by atoms with Crippen LogP contribution in [0.3, 0.4) is 0 Å². The van der Waals surface area contributed by atoms with Crippen molar-refractivity contribution in [2.75, 3.05) is 0 Å². The molecule has 3 atom stereocenters. The monoisotopic (exact) mass is 401 g/mol. The van der Waals surface area contributed by atoms with Gasteiger partial charge in [0.1, 0.15) is 6.10 Å². The summed E-state index contributed by atoms with van der Waals surface area (Å²) in [6, 6.07) is 16.5. The lowest BCUT2D eigenvalue weighted by Crippen LogP contribution is -2.43. The molecule has 2 bridgehead atoms. The number of rotatable bonds is 4. The maximum Gasteiger partial charge on any atom is 0.340 e. The molecule has 3 aromatic rings. The summed E-state index contributed by atoms with van der Waals surface area (Å²) in [7, 11) is 0. The smallest absolute Gasteiger partial charge is 0.340 e. The molecule has 154 valence electrons. The Labute approximate surface area is 176 Å². The van der Waals surface area contributed by atoms with Crippen molar-refractivity contribution >= 4 is 17.3 Å². The minimum Gasteiger partial charge on any atom is -0.458 e. The van der Waals surface area contributed by atoms with E-state index in [2.05, 4.69) is 20.8 Å². The first-order valence-electron chi connectivity index (χ1n) is 10.7. The predicted molar refractivity (Wildman–Crippen MR) is 116 cm³/mol. The van der Waals surface area contributed by atoms with Crippen LogP contribution in [-0.4, -0.2) is 22.3 Å². The van der Waals surface area contributed by atoms with E-state index < -0.39 is 0 Å². The van der Waals surface area contributed by atoms with Gasteiger partial charge in [-0.1, -0.05) is 57.2 Å². The summed E-state index contributed by atoms with van der Waals surface area (Å²) >= 11 is 0. The highest BCUT2D eigenvalue weighted by molar-refractivity contribution is 6.11. The lowest BCUT2D eigenvalue weighted by molar-refractivity contribution is -0.0583. The van der Waals surface area contributed by atoms with Gasteiger partial charge in [-0.25, -0.2) is 4.79 Å². The highest BCUT2D eigenvalue weighted by Gasteiger charge is 2.61. The molecule has 2 fully saturated rings. The Morgan fingerprint density at radius 3 is 2.47 bits per heavy atom. The van der Waals surface area contributed by atoms with E-state index in [1.54, 1.807) is 22.6 Å². The Bertz CT molecular complexity index is 1140. The minimum absolute atomic E-state index is 0.0269. The molecule has 0 unspecified atom stereocenters. The van der Waals surface area contributed by atoms with Crippen molar-refractivity contribution in [2.24, 2.45) is 16.7 Å². The molecule has 0 amide bonds. The average molecular weight is 402 g/mol. The van der Waals surface area contributed by atoms with Gasteiger partial charge >= 0.3 is 5.97 Å². The lowest BCUT2D eigenvalue weighted by Gasteiger charge is -2.41. The Balaban J connectivity index is 1.52. The standard InChI is InChI=1S/C26H27NO3/c1-25(2)18-12-13-26(3,16-18)24(25)30-23(29)19-15-21(27-14-8-7-11-20(19)27)22(28)17-9-5-4-6-10-17/h4-11,14-15,18,24H,12-13,16H2,1-3H3/t18-,24+,26-/m1/s1. The Morgan fingerprint density at radius 1 is 1.03 bits per heavy atom. The summed E-state index contributed by atoms with van der Waals surface area (Å²) < 4.78 is 7.98. The van der Waals surface area contributed by atoms with Crippen LogP contribution in [0.1, 0.15) is 66.4 Å². The second-order valence-corrected chi connectivity index (χ2v) is 9.79. The molecule has 0 spiro atoms. The van der Waals surface area contributed by atoms with E-state index >= 15 is 0 Å². The highest BCUT2D eigenvalue weighted by Crippen LogP contribution is 2.63. The number of carbonyl (C=O) groups excluding carboxylic acids is 2. The molecule has 2 heterocycles. The second kappa shape index (κ2) is 6.56. The highest BCUT2D eigenvalue weighted by atomic mass is 16.5. The SMILES string of the molecule is CC1(C)[C@@H]2CC[C@](C)(C2)[C@H]1OC(=O)c1cc(C(=O)c2ccccc2)n2ccccc12. The van der Waals surface area contributed by atoms with Crippen molar-refractivity contribution in [3.05, 3.63) is 77.6 Å². The van der Waals surface area contributed by atoms with Crippen LogP contribution in [0.25, 0.3) is 5.52 Å². The van der Waals surface area contributed by atoms with Crippen LogP contribution in [0.4, 0.5) is 0 Å². The third kappa shape index (κ3) is 2.73. The molecule has 0 aliphatic heterocycles. The summed E-state index contributed by atoms with van der Waals surface area (Å²) in [5, 5.41) is 0. The number of aromatic nitrogens is 1. The van der Waals surface area contributed by atoms with E-state index in [4.69, 9.17) is 4.74 Å². The van der Waals surface area contributed by atoms with E-state index in [0.717, 1.165) is 12.8 Å². The number of fused-ring (bicyclic) bond motifs is 3. The molecule has 4 heteroatoms. The number of ketones is 1. The zero-order chi connectivity index (χ0) is 21.1. The lowest BCUT2D eigenvalue weighted by atomic mass is 9.70. The van der Waals surface area contributed by atoms with Gasteiger partial charge in [0.05, 0.1) is 16.8 Å². The Morgan fingerprint density at radius 2 is 1.77 bits per heavy atom. The van der Waals surface area contributed by atoms with E-state index in [-0.39, 0.29) is 28.7 Å². The Kier molecular flexibility index (Phi) is 4.18. The van der Waals surface area contributed by atoms with Crippen molar-refractivity contribution in [1.29, 1.82) is 0 Å². The third-order valence-electron chi connectivity index (χ3n) is 7.53. The van der Waals surface area contributed by atoms with Crippen molar-refractivity contribution in [3.8, 4) is 0 Å². The van der Waals surface area contributed by atoms with Crippen molar-refractivity contribution < 1.29 is 14.3 Å². The molecule has 0 radical (unpaired) electrons. The number of pyridine rings is 1. The van der Waals surface area contributed by atoms with Gasteiger partial charge in [-0.05, 0) is 43.4 Å². The van der Waals surface area contributed by atoms with E-state index in [0.29, 0.717) is 28.3 Å². The van der Waals surface area contributed by atoms with Crippen LogP contribution in [0, 0.1) is 16.7 Å². The molecule has 0 saturated heterocycles. The number of nitrogens with zero attached hydrogens (tertiary/aromatic N) is 1. The van der Waals surface area contributed by atoms with Crippen LogP contribution < -0.4 is 0 Å². The minimum atomic E-state index is -0.335. The molecule has 4 nitrogen and oxygen atoms in total. The molecule has 0 N–H and O–H groups in total. The van der Waals surface area contributed by atoms with Crippen LogP contribution in [-0.2, 0) is 4.74 Å². The van der Waals surface area contributed by atoms with Gasteiger partial charge in [-0.3, -0.25) is 4.79 Å². The van der Waals surface area contributed by atoms with Crippen LogP contribution in [0.2, 0.25) is 0 Å².